The fourth-order valence-corrected chi connectivity index (χ4v) is 6.78. The molecule has 0 N–H and O–H groups in total. The SMILES string of the molecule is CC[CH]C(=O)O[Si](c1ccccc1)(c1ccccc1)c1ccccc1. The highest BCUT2D eigenvalue weighted by Gasteiger charge is 2.45. The van der Waals surface area contributed by atoms with Crippen LogP contribution in [0.25, 0.3) is 0 Å². The molecule has 0 bridgehead atoms. The maximum absolute atomic E-state index is 12.5. The Morgan fingerprint density at radius 1 is 0.760 bits per heavy atom. The lowest BCUT2D eigenvalue weighted by Gasteiger charge is -2.32. The van der Waals surface area contributed by atoms with Gasteiger partial charge >= 0.3 is 8.32 Å². The zero-order valence-electron chi connectivity index (χ0n) is 14.3. The molecule has 25 heavy (non-hydrogen) atoms. The van der Waals surface area contributed by atoms with Gasteiger partial charge in [-0.2, -0.15) is 0 Å². The van der Waals surface area contributed by atoms with Crippen LogP contribution in [-0.2, 0) is 9.22 Å². The van der Waals surface area contributed by atoms with Gasteiger partial charge in [-0.25, -0.2) is 0 Å². The first-order valence-corrected chi connectivity index (χ1v) is 10.4. The standard InChI is InChI=1S/C22H21O2Si/c1-2-12-22(23)24-25(19-13-6-3-7-14-19,20-15-8-4-9-16-20)21-17-10-5-11-18-21/h3-18H,2H2,1H3. The van der Waals surface area contributed by atoms with Crippen molar-refractivity contribution in [2.45, 2.75) is 13.3 Å². The van der Waals surface area contributed by atoms with E-state index in [9.17, 15) is 4.79 Å². The molecular weight excluding hydrogens is 324 g/mol. The highest BCUT2D eigenvalue weighted by atomic mass is 28.4. The summed E-state index contributed by atoms with van der Waals surface area (Å²) >= 11 is 0. The van der Waals surface area contributed by atoms with Crippen molar-refractivity contribution in [3.05, 3.63) is 97.4 Å². The largest absolute Gasteiger partial charge is 0.505 e. The van der Waals surface area contributed by atoms with E-state index in [2.05, 4.69) is 36.4 Å². The van der Waals surface area contributed by atoms with Gasteiger partial charge in [0.2, 0.25) is 0 Å². The van der Waals surface area contributed by atoms with Crippen molar-refractivity contribution >= 4 is 29.8 Å². The third kappa shape index (κ3) is 3.56. The predicted molar refractivity (Wildman–Crippen MR) is 105 cm³/mol. The molecule has 0 aromatic heterocycles. The highest BCUT2D eigenvalue weighted by Crippen LogP contribution is 2.11. The number of rotatable bonds is 6. The molecule has 0 saturated heterocycles. The van der Waals surface area contributed by atoms with Crippen LogP contribution < -0.4 is 15.6 Å². The van der Waals surface area contributed by atoms with Crippen molar-refractivity contribution < 1.29 is 9.22 Å². The Labute approximate surface area is 150 Å². The van der Waals surface area contributed by atoms with Crippen LogP contribution in [0, 0.1) is 6.42 Å². The fraction of sp³-hybridized carbons (Fsp3) is 0.0909. The van der Waals surface area contributed by atoms with Gasteiger partial charge in [-0.05, 0) is 22.0 Å². The third-order valence-corrected chi connectivity index (χ3v) is 8.11. The molecule has 0 fully saturated rings. The van der Waals surface area contributed by atoms with Gasteiger partial charge in [0.05, 0.1) is 6.42 Å². The first kappa shape index (κ1) is 17.2. The minimum atomic E-state index is -2.90. The van der Waals surface area contributed by atoms with Crippen LogP contribution in [0.1, 0.15) is 13.3 Å². The van der Waals surface area contributed by atoms with Crippen molar-refractivity contribution in [1.82, 2.24) is 0 Å². The number of hydrogen-bond acceptors (Lipinski definition) is 2. The van der Waals surface area contributed by atoms with Crippen molar-refractivity contribution in [2.75, 3.05) is 0 Å². The number of benzene rings is 3. The molecule has 2 nitrogen and oxygen atoms in total. The molecule has 3 rings (SSSR count). The van der Waals surface area contributed by atoms with Gasteiger partial charge in [0.15, 0.2) is 0 Å². The molecule has 3 heteroatoms. The molecule has 0 amide bonds. The number of carbonyl (C=O) groups is 1. The van der Waals surface area contributed by atoms with Gasteiger partial charge in [0.25, 0.3) is 5.97 Å². The van der Waals surface area contributed by atoms with Crippen LogP contribution in [-0.4, -0.2) is 14.3 Å². The third-order valence-electron chi connectivity index (χ3n) is 4.17. The Morgan fingerprint density at radius 3 is 1.44 bits per heavy atom. The van der Waals surface area contributed by atoms with Gasteiger partial charge in [-0.15, -0.1) is 0 Å². The predicted octanol–water partition coefficient (Wildman–Crippen LogP) is 2.81. The maximum atomic E-state index is 12.5. The molecule has 0 unspecified atom stereocenters. The quantitative estimate of drug-likeness (QED) is 0.507. The van der Waals surface area contributed by atoms with E-state index in [1.165, 1.54) is 0 Å². The molecule has 0 aliphatic carbocycles. The van der Waals surface area contributed by atoms with E-state index in [-0.39, 0.29) is 5.97 Å². The zero-order valence-corrected chi connectivity index (χ0v) is 15.3. The molecule has 0 spiro atoms. The molecule has 3 aromatic rings. The van der Waals surface area contributed by atoms with Gasteiger partial charge < -0.3 is 4.43 Å². The summed E-state index contributed by atoms with van der Waals surface area (Å²) in [5.74, 6) is -0.259. The van der Waals surface area contributed by atoms with Crippen molar-refractivity contribution in [3.8, 4) is 0 Å². The van der Waals surface area contributed by atoms with E-state index in [1.54, 1.807) is 6.42 Å². The van der Waals surface area contributed by atoms with Gasteiger partial charge in [0.1, 0.15) is 0 Å². The van der Waals surface area contributed by atoms with E-state index < -0.39 is 8.32 Å². The molecular formula is C22H21O2Si. The average molecular weight is 345 g/mol. The van der Waals surface area contributed by atoms with E-state index in [1.807, 2.05) is 61.5 Å². The van der Waals surface area contributed by atoms with Crippen molar-refractivity contribution in [2.24, 2.45) is 0 Å². The Kier molecular flexibility index (Phi) is 5.46. The van der Waals surface area contributed by atoms with Crippen LogP contribution in [0.15, 0.2) is 91.0 Å². The normalized spacial score (nSPS) is 11.1. The zero-order chi connectivity index (χ0) is 17.5. The number of carbonyl (C=O) groups excluding carboxylic acids is 1. The lowest BCUT2D eigenvalue weighted by molar-refractivity contribution is -0.131. The Bertz CT molecular complexity index is 705. The van der Waals surface area contributed by atoms with Crippen LogP contribution >= 0.6 is 0 Å². The van der Waals surface area contributed by atoms with E-state index in [4.69, 9.17) is 4.43 Å². The second-order valence-corrected chi connectivity index (χ2v) is 9.11. The Hall–Kier alpha value is -2.65. The average Bonchev–Trinajstić information content (AvgIpc) is 2.68. The van der Waals surface area contributed by atoms with Crippen LogP contribution in [0.3, 0.4) is 0 Å². The van der Waals surface area contributed by atoms with Crippen LogP contribution in [0.4, 0.5) is 0 Å². The molecule has 0 atom stereocenters. The van der Waals surface area contributed by atoms with E-state index >= 15 is 0 Å². The second kappa shape index (κ2) is 7.95. The molecule has 0 saturated carbocycles. The maximum Gasteiger partial charge on any atom is 0.350 e. The summed E-state index contributed by atoms with van der Waals surface area (Å²) in [6.07, 6.45) is 2.26. The summed E-state index contributed by atoms with van der Waals surface area (Å²) in [6, 6.07) is 30.3. The summed E-state index contributed by atoms with van der Waals surface area (Å²) in [6.45, 7) is 1.94. The lowest BCUT2D eigenvalue weighted by Crippen LogP contribution is -2.70. The lowest BCUT2D eigenvalue weighted by atomic mass is 10.3. The first-order valence-electron chi connectivity index (χ1n) is 8.50. The molecule has 3 aromatic carbocycles. The molecule has 0 heterocycles. The molecule has 0 aliphatic heterocycles. The number of hydrogen-bond donors (Lipinski definition) is 0. The topological polar surface area (TPSA) is 26.3 Å². The van der Waals surface area contributed by atoms with E-state index in [0.717, 1.165) is 15.6 Å². The summed E-state index contributed by atoms with van der Waals surface area (Å²) < 4.78 is 6.28. The smallest absolute Gasteiger partial charge is 0.350 e. The van der Waals surface area contributed by atoms with Crippen LogP contribution in [0.2, 0.25) is 0 Å². The van der Waals surface area contributed by atoms with Crippen molar-refractivity contribution in [3.63, 3.8) is 0 Å². The van der Waals surface area contributed by atoms with Gasteiger partial charge in [-0.1, -0.05) is 97.9 Å². The van der Waals surface area contributed by atoms with Crippen LogP contribution in [0.5, 0.6) is 0 Å². The first-order chi connectivity index (χ1) is 12.3. The van der Waals surface area contributed by atoms with Gasteiger partial charge in [-0.3, -0.25) is 4.79 Å². The summed E-state index contributed by atoms with van der Waals surface area (Å²) in [7, 11) is -2.90. The molecule has 0 aliphatic rings. The summed E-state index contributed by atoms with van der Waals surface area (Å²) in [4.78, 5) is 12.5. The summed E-state index contributed by atoms with van der Waals surface area (Å²) in [5.41, 5.74) is 0. The Balaban J connectivity index is 2.26. The molecule has 1 radical (unpaired) electrons. The second-order valence-electron chi connectivity index (χ2n) is 5.81. The minimum Gasteiger partial charge on any atom is -0.505 e. The van der Waals surface area contributed by atoms with Crippen molar-refractivity contribution in [1.29, 1.82) is 0 Å². The minimum absolute atomic E-state index is 0.259. The highest BCUT2D eigenvalue weighted by molar-refractivity contribution is 7.07. The van der Waals surface area contributed by atoms with Gasteiger partial charge in [0, 0.05) is 0 Å². The monoisotopic (exact) mass is 345 g/mol. The van der Waals surface area contributed by atoms with E-state index in [0.29, 0.717) is 6.42 Å². The Morgan fingerprint density at radius 2 is 1.12 bits per heavy atom. The fourth-order valence-electron chi connectivity index (χ4n) is 3.05. The summed E-state index contributed by atoms with van der Waals surface area (Å²) in [5, 5.41) is 3.18. The molecule has 125 valence electrons.